The number of nitro benzene ring substituents is 1. The van der Waals surface area contributed by atoms with E-state index in [9.17, 15) is 25.0 Å². The average molecular weight is 237 g/mol. The van der Waals surface area contributed by atoms with Crippen LogP contribution >= 0.6 is 0 Å². The number of aryl methyl sites for hydroxylation is 1. The van der Waals surface area contributed by atoms with Gasteiger partial charge in [0.1, 0.15) is 5.69 Å². The highest BCUT2D eigenvalue weighted by molar-refractivity contribution is 5.94. The molecule has 0 radical (unpaired) electrons. The molecule has 1 aliphatic rings. The van der Waals surface area contributed by atoms with Gasteiger partial charge in [-0.15, -0.1) is 0 Å². The van der Waals surface area contributed by atoms with Gasteiger partial charge in [-0.1, -0.05) is 0 Å². The quantitative estimate of drug-likeness (QED) is 0.564. The Bertz CT molecular complexity index is 527. The SMILES string of the molecule is O=C1CCc2cc([N+](=O)[O-])ccc2N1[N+](=O)[O-]. The van der Waals surface area contributed by atoms with Gasteiger partial charge in [0.25, 0.3) is 11.6 Å². The minimum absolute atomic E-state index is 0.0187. The molecule has 8 nitrogen and oxygen atoms in total. The Kier molecular flexibility index (Phi) is 2.47. The van der Waals surface area contributed by atoms with Crippen LogP contribution in [0.1, 0.15) is 12.0 Å². The molecule has 0 unspecified atom stereocenters. The van der Waals surface area contributed by atoms with Gasteiger partial charge in [-0.2, -0.15) is 0 Å². The number of hydrogen-bond donors (Lipinski definition) is 0. The van der Waals surface area contributed by atoms with Gasteiger partial charge >= 0.3 is 0 Å². The van der Waals surface area contributed by atoms with Crippen molar-refractivity contribution in [2.24, 2.45) is 0 Å². The number of carbonyl (C=O) groups is 1. The largest absolute Gasteiger partial charge is 0.289 e. The van der Waals surface area contributed by atoms with Crippen molar-refractivity contribution in [2.45, 2.75) is 12.8 Å². The van der Waals surface area contributed by atoms with Gasteiger partial charge in [-0.25, -0.2) is 10.1 Å². The van der Waals surface area contributed by atoms with Gasteiger partial charge in [0.15, 0.2) is 5.03 Å². The van der Waals surface area contributed by atoms with Gasteiger partial charge in [-0.3, -0.25) is 14.9 Å². The zero-order valence-corrected chi connectivity index (χ0v) is 8.53. The van der Waals surface area contributed by atoms with Crippen molar-refractivity contribution >= 4 is 17.3 Å². The van der Waals surface area contributed by atoms with Gasteiger partial charge < -0.3 is 0 Å². The van der Waals surface area contributed by atoms with E-state index in [0.717, 1.165) is 6.07 Å². The highest BCUT2D eigenvalue weighted by Crippen LogP contribution is 2.30. The number of hydrogen-bond acceptors (Lipinski definition) is 5. The van der Waals surface area contributed by atoms with Crippen LogP contribution in [-0.2, 0) is 11.2 Å². The number of nitrogens with zero attached hydrogens (tertiary/aromatic N) is 3. The zero-order chi connectivity index (χ0) is 12.6. The molecule has 1 heterocycles. The highest BCUT2D eigenvalue weighted by Gasteiger charge is 2.33. The maximum Gasteiger partial charge on any atom is 0.289 e. The molecule has 0 spiro atoms. The molecule has 0 fully saturated rings. The summed E-state index contributed by atoms with van der Waals surface area (Å²) >= 11 is 0. The summed E-state index contributed by atoms with van der Waals surface area (Å²) in [5, 5.41) is 20.9. The molecule has 0 aromatic heterocycles. The summed E-state index contributed by atoms with van der Waals surface area (Å²) in [6, 6.07) is 3.64. The smallest absolute Gasteiger partial charge is 0.268 e. The zero-order valence-electron chi connectivity index (χ0n) is 8.53. The van der Waals surface area contributed by atoms with E-state index < -0.39 is 15.9 Å². The fourth-order valence-electron chi connectivity index (χ4n) is 1.75. The van der Waals surface area contributed by atoms with Crippen molar-refractivity contribution in [2.75, 3.05) is 5.01 Å². The Morgan fingerprint density at radius 1 is 1.18 bits per heavy atom. The van der Waals surface area contributed by atoms with Crippen molar-refractivity contribution in [3.05, 3.63) is 44.0 Å². The van der Waals surface area contributed by atoms with Gasteiger partial charge in [0, 0.05) is 18.6 Å². The number of non-ortho nitro benzene ring substituents is 1. The number of fused-ring (bicyclic) bond motifs is 1. The highest BCUT2D eigenvalue weighted by atomic mass is 16.7. The molecular formula is C9H7N3O5. The Hall–Kier alpha value is -2.51. The molecule has 17 heavy (non-hydrogen) atoms. The van der Waals surface area contributed by atoms with Crippen LogP contribution in [0.5, 0.6) is 0 Å². The van der Waals surface area contributed by atoms with E-state index in [1.807, 2.05) is 0 Å². The number of benzene rings is 1. The van der Waals surface area contributed by atoms with Crippen LogP contribution in [-0.4, -0.2) is 15.9 Å². The first-order valence-corrected chi connectivity index (χ1v) is 4.75. The van der Waals surface area contributed by atoms with Crippen molar-refractivity contribution in [3.8, 4) is 0 Å². The maximum absolute atomic E-state index is 11.4. The summed E-state index contributed by atoms with van der Waals surface area (Å²) < 4.78 is 0. The Morgan fingerprint density at radius 3 is 2.47 bits per heavy atom. The predicted molar refractivity (Wildman–Crippen MR) is 55.9 cm³/mol. The minimum Gasteiger partial charge on any atom is -0.268 e. The predicted octanol–water partition coefficient (Wildman–Crippen LogP) is 1.07. The molecule has 1 aromatic carbocycles. The van der Waals surface area contributed by atoms with Crippen molar-refractivity contribution in [1.29, 1.82) is 0 Å². The van der Waals surface area contributed by atoms with Crippen molar-refractivity contribution in [1.82, 2.24) is 0 Å². The lowest BCUT2D eigenvalue weighted by molar-refractivity contribution is -0.484. The van der Waals surface area contributed by atoms with E-state index in [0.29, 0.717) is 10.6 Å². The molecule has 2 rings (SSSR count). The average Bonchev–Trinajstić information content (AvgIpc) is 2.27. The number of carbonyl (C=O) groups excluding carboxylic acids is 1. The molecule has 1 amide bonds. The second-order valence-electron chi connectivity index (χ2n) is 3.51. The summed E-state index contributed by atoms with van der Waals surface area (Å²) in [6.07, 6.45) is 0.259. The Morgan fingerprint density at radius 2 is 1.88 bits per heavy atom. The Balaban J connectivity index is 2.51. The van der Waals surface area contributed by atoms with E-state index in [-0.39, 0.29) is 24.2 Å². The molecule has 0 aliphatic carbocycles. The first-order valence-electron chi connectivity index (χ1n) is 4.75. The molecule has 8 heteroatoms. The first-order chi connectivity index (χ1) is 8.00. The lowest BCUT2D eigenvalue weighted by Gasteiger charge is -2.20. The Labute approximate surface area is 94.7 Å². The van der Waals surface area contributed by atoms with Crippen molar-refractivity contribution in [3.63, 3.8) is 0 Å². The summed E-state index contributed by atoms with van der Waals surface area (Å²) in [5.74, 6) is -0.614. The third-order valence-electron chi connectivity index (χ3n) is 2.51. The number of anilines is 1. The number of amides is 1. The fraction of sp³-hybridized carbons (Fsp3) is 0.222. The summed E-state index contributed by atoms with van der Waals surface area (Å²) in [4.78, 5) is 32.1. The molecule has 0 saturated heterocycles. The molecule has 88 valence electrons. The number of rotatable bonds is 2. The van der Waals surface area contributed by atoms with E-state index in [1.54, 1.807) is 0 Å². The van der Waals surface area contributed by atoms with Gasteiger partial charge in [-0.05, 0) is 23.1 Å². The molecule has 0 atom stereocenters. The molecule has 1 aliphatic heterocycles. The monoisotopic (exact) mass is 237 g/mol. The fourth-order valence-corrected chi connectivity index (χ4v) is 1.75. The molecule has 0 N–H and O–H groups in total. The van der Waals surface area contributed by atoms with Crippen LogP contribution in [0, 0.1) is 20.2 Å². The second-order valence-corrected chi connectivity index (χ2v) is 3.51. The molecular weight excluding hydrogens is 230 g/mol. The third kappa shape index (κ3) is 1.80. The third-order valence-corrected chi connectivity index (χ3v) is 2.51. The van der Waals surface area contributed by atoms with Crippen LogP contribution in [0.15, 0.2) is 18.2 Å². The van der Waals surface area contributed by atoms with Gasteiger partial charge in [0.05, 0.1) is 4.92 Å². The molecule has 0 saturated carbocycles. The topological polar surface area (TPSA) is 107 Å². The van der Waals surface area contributed by atoms with Crippen LogP contribution in [0.2, 0.25) is 0 Å². The second kappa shape index (κ2) is 3.81. The lowest BCUT2D eigenvalue weighted by atomic mass is 10.0. The summed E-state index contributed by atoms with van der Waals surface area (Å²) in [7, 11) is 0. The van der Waals surface area contributed by atoms with Crippen LogP contribution in [0.4, 0.5) is 11.4 Å². The number of hydrazine groups is 1. The molecule has 0 bridgehead atoms. The first kappa shape index (κ1) is 11.0. The van der Waals surface area contributed by atoms with Crippen LogP contribution in [0.25, 0.3) is 0 Å². The summed E-state index contributed by atoms with van der Waals surface area (Å²) in [6.45, 7) is 0. The lowest BCUT2D eigenvalue weighted by Crippen LogP contribution is -2.39. The van der Waals surface area contributed by atoms with Crippen LogP contribution < -0.4 is 5.01 Å². The summed E-state index contributed by atoms with van der Waals surface area (Å²) in [5.41, 5.74) is 0.411. The number of nitro groups is 2. The van der Waals surface area contributed by atoms with E-state index >= 15 is 0 Å². The van der Waals surface area contributed by atoms with Crippen LogP contribution in [0.3, 0.4) is 0 Å². The standard InChI is InChI=1S/C9H7N3O5/c13-9-4-1-6-5-7(11(14)15)2-3-8(6)10(9)12(16)17/h2-3,5H,1,4H2. The van der Waals surface area contributed by atoms with E-state index in [1.165, 1.54) is 12.1 Å². The van der Waals surface area contributed by atoms with E-state index in [2.05, 4.69) is 0 Å². The normalized spacial score (nSPS) is 14.4. The minimum atomic E-state index is -0.813. The molecule has 1 aromatic rings. The van der Waals surface area contributed by atoms with Crippen molar-refractivity contribution < 1.29 is 14.8 Å². The van der Waals surface area contributed by atoms with E-state index in [4.69, 9.17) is 0 Å². The maximum atomic E-state index is 11.4. The van der Waals surface area contributed by atoms with Gasteiger partial charge in [0.2, 0.25) is 0 Å².